The van der Waals surface area contributed by atoms with Gasteiger partial charge < -0.3 is 10.6 Å². The van der Waals surface area contributed by atoms with E-state index in [-0.39, 0.29) is 5.91 Å². The molecule has 3 nitrogen and oxygen atoms in total. The zero-order valence-electron chi connectivity index (χ0n) is 11.5. The normalized spacial score (nSPS) is 9.89. The van der Waals surface area contributed by atoms with Gasteiger partial charge in [-0.2, -0.15) is 0 Å². The predicted molar refractivity (Wildman–Crippen MR) is 79.8 cm³/mol. The van der Waals surface area contributed by atoms with Crippen LogP contribution in [0.3, 0.4) is 0 Å². The van der Waals surface area contributed by atoms with Crippen molar-refractivity contribution in [3.05, 3.63) is 29.8 Å². The third-order valence-electron chi connectivity index (χ3n) is 2.83. The summed E-state index contributed by atoms with van der Waals surface area (Å²) in [5.41, 5.74) is 2.01. The van der Waals surface area contributed by atoms with E-state index in [1.807, 2.05) is 24.3 Å². The van der Waals surface area contributed by atoms with Gasteiger partial charge in [-0.1, -0.05) is 25.1 Å². The van der Waals surface area contributed by atoms with Crippen LogP contribution in [0, 0.1) is 12.3 Å². The van der Waals surface area contributed by atoms with Gasteiger partial charge in [0.2, 0.25) is 5.91 Å². The van der Waals surface area contributed by atoms with Crippen LogP contribution in [0.1, 0.15) is 38.2 Å². The number of carbonyl (C=O) groups is 1. The second-order valence-electron chi connectivity index (χ2n) is 4.40. The number of unbranched alkanes of at least 4 members (excludes halogenated alkanes) is 2. The van der Waals surface area contributed by atoms with Gasteiger partial charge in [0.15, 0.2) is 0 Å². The van der Waals surface area contributed by atoms with Crippen LogP contribution in [0.5, 0.6) is 0 Å². The van der Waals surface area contributed by atoms with Gasteiger partial charge in [0, 0.05) is 25.1 Å². The molecule has 2 N–H and O–H groups in total. The van der Waals surface area contributed by atoms with E-state index in [9.17, 15) is 4.79 Å². The SMILES string of the molecule is C#CCCCCC(=O)Nc1ccccc1CNCC. The minimum atomic E-state index is 0.0565. The maximum absolute atomic E-state index is 11.8. The fourth-order valence-corrected chi connectivity index (χ4v) is 1.78. The maximum atomic E-state index is 11.8. The lowest BCUT2D eigenvalue weighted by Gasteiger charge is -2.11. The molecule has 0 heterocycles. The van der Waals surface area contributed by atoms with Crippen LogP contribution >= 0.6 is 0 Å². The Morgan fingerprint density at radius 1 is 1.32 bits per heavy atom. The third kappa shape index (κ3) is 6.08. The Kier molecular flexibility index (Phi) is 7.38. The summed E-state index contributed by atoms with van der Waals surface area (Å²) in [4.78, 5) is 11.8. The van der Waals surface area contributed by atoms with Crippen LogP contribution in [-0.2, 0) is 11.3 Å². The quantitative estimate of drug-likeness (QED) is 0.556. The van der Waals surface area contributed by atoms with Crippen molar-refractivity contribution in [2.75, 3.05) is 11.9 Å². The lowest BCUT2D eigenvalue weighted by atomic mass is 10.1. The first kappa shape index (κ1) is 15.3. The number of nitrogens with one attached hydrogen (secondary N) is 2. The third-order valence-corrected chi connectivity index (χ3v) is 2.83. The second-order valence-corrected chi connectivity index (χ2v) is 4.40. The number of terminal acetylenes is 1. The molecule has 3 heteroatoms. The van der Waals surface area contributed by atoms with Gasteiger partial charge in [0.05, 0.1) is 0 Å². The number of rotatable bonds is 8. The monoisotopic (exact) mass is 258 g/mol. The highest BCUT2D eigenvalue weighted by Gasteiger charge is 2.05. The second kappa shape index (κ2) is 9.18. The number of hydrogen-bond donors (Lipinski definition) is 2. The lowest BCUT2D eigenvalue weighted by Crippen LogP contribution is -2.16. The molecule has 0 spiro atoms. The topological polar surface area (TPSA) is 41.1 Å². The molecule has 1 amide bonds. The molecule has 0 aromatic heterocycles. The molecule has 0 radical (unpaired) electrons. The first-order valence-electron chi connectivity index (χ1n) is 6.80. The number of hydrogen-bond acceptors (Lipinski definition) is 2. The first-order valence-corrected chi connectivity index (χ1v) is 6.80. The molecule has 0 atom stereocenters. The molecule has 19 heavy (non-hydrogen) atoms. The number of anilines is 1. The zero-order valence-corrected chi connectivity index (χ0v) is 11.5. The minimum Gasteiger partial charge on any atom is -0.326 e. The Hall–Kier alpha value is -1.79. The molecule has 0 bridgehead atoms. The molecule has 0 unspecified atom stereocenters. The van der Waals surface area contributed by atoms with Crippen molar-refractivity contribution >= 4 is 11.6 Å². The molecule has 0 fully saturated rings. The Morgan fingerprint density at radius 2 is 2.11 bits per heavy atom. The molecule has 1 aromatic rings. The molecule has 0 aliphatic heterocycles. The van der Waals surface area contributed by atoms with E-state index in [4.69, 9.17) is 6.42 Å². The van der Waals surface area contributed by atoms with Crippen molar-refractivity contribution in [2.24, 2.45) is 0 Å². The summed E-state index contributed by atoms with van der Waals surface area (Å²) in [5.74, 6) is 2.64. The van der Waals surface area contributed by atoms with E-state index in [0.717, 1.165) is 43.6 Å². The van der Waals surface area contributed by atoms with Crippen LogP contribution in [0.4, 0.5) is 5.69 Å². The van der Waals surface area contributed by atoms with Gasteiger partial charge in [-0.05, 0) is 31.0 Å². The summed E-state index contributed by atoms with van der Waals surface area (Å²) in [5, 5.41) is 6.23. The average molecular weight is 258 g/mol. The van der Waals surface area contributed by atoms with Crippen LogP contribution in [0.15, 0.2) is 24.3 Å². The van der Waals surface area contributed by atoms with Crippen molar-refractivity contribution < 1.29 is 4.79 Å². The molecular formula is C16H22N2O. The first-order chi connectivity index (χ1) is 9.27. The van der Waals surface area contributed by atoms with E-state index in [1.165, 1.54) is 0 Å². The summed E-state index contributed by atoms with van der Waals surface area (Å²) >= 11 is 0. The summed E-state index contributed by atoms with van der Waals surface area (Å²) in [6, 6.07) is 7.88. The number of benzene rings is 1. The number of carbonyl (C=O) groups excluding carboxylic acids is 1. The predicted octanol–water partition coefficient (Wildman–Crippen LogP) is 2.93. The van der Waals surface area contributed by atoms with Crippen molar-refractivity contribution in [1.29, 1.82) is 0 Å². The van der Waals surface area contributed by atoms with Gasteiger partial charge in [-0.25, -0.2) is 0 Å². The van der Waals surface area contributed by atoms with Crippen LogP contribution < -0.4 is 10.6 Å². The smallest absolute Gasteiger partial charge is 0.224 e. The van der Waals surface area contributed by atoms with Crippen LogP contribution in [-0.4, -0.2) is 12.5 Å². The van der Waals surface area contributed by atoms with Crippen molar-refractivity contribution in [3.8, 4) is 12.3 Å². The van der Waals surface area contributed by atoms with Crippen molar-refractivity contribution in [1.82, 2.24) is 5.32 Å². The van der Waals surface area contributed by atoms with Crippen LogP contribution in [0.25, 0.3) is 0 Å². The molecule has 102 valence electrons. The number of amides is 1. The van der Waals surface area contributed by atoms with E-state index < -0.39 is 0 Å². The Balaban J connectivity index is 2.47. The molecular weight excluding hydrogens is 236 g/mol. The highest BCUT2D eigenvalue weighted by molar-refractivity contribution is 5.91. The summed E-state index contributed by atoms with van der Waals surface area (Å²) in [6.07, 6.45) is 8.19. The average Bonchev–Trinajstić information content (AvgIpc) is 2.43. The molecule has 0 saturated carbocycles. The molecule has 0 aliphatic rings. The van der Waals surface area contributed by atoms with Gasteiger partial charge in [0.25, 0.3) is 0 Å². The Morgan fingerprint density at radius 3 is 2.84 bits per heavy atom. The van der Waals surface area contributed by atoms with E-state index in [1.54, 1.807) is 0 Å². The molecule has 0 saturated heterocycles. The van der Waals surface area contributed by atoms with Gasteiger partial charge in [0.1, 0.15) is 0 Å². The van der Waals surface area contributed by atoms with E-state index in [0.29, 0.717) is 6.42 Å². The lowest BCUT2D eigenvalue weighted by molar-refractivity contribution is -0.116. The minimum absolute atomic E-state index is 0.0565. The van der Waals surface area contributed by atoms with E-state index in [2.05, 4.69) is 23.5 Å². The fraction of sp³-hybridized carbons (Fsp3) is 0.438. The van der Waals surface area contributed by atoms with Gasteiger partial charge in [-0.15, -0.1) is 12.3 Å². The zero-order chi connectivity index (χ0) is 13.9. The summed E-state index contributed by atoms with van der Waals surface area (Å²) < 4.78 is 0. The standard InChI is InChI=1S/C16H22N2O/c1-3-5-6-7-12-16(19)18-15-11-9-8-10-14(15)13-17-4-2/h1,8-11,17H,4-7,12-13H2,2H3,(H,18,19). The van der Waals surface area contributed by atoms with Crippen LogP contribution in [0.2, 0.25) is 0 Å². The largest absolute Gasteiger partial charge is 0.326 e. The number of para-hydroxylation sites is 1. The van der Waals surface area contributed by atoms with Crippen molar-refractivity contribution in [2.45, 2.75) is 39.2 Å². The Bertz CT molecular complexity index is 435. The van der Waals surface area contributed by atoms with Gasteiger partial charge in [-0.3, -0.25) is 4.79 Å². The summed E-state index contributed by atoms with van der Waals surface area (Å²) in [7, 11) is 0. The molecule has 1 rings (SSSR count). The van der Waals surface area contributed by atoms with Gasteiger partial charge >= 0.3 is 0 Å². The fourth-order valence-electron chi connectivity index (χ4n) is 1.78. The highest BCUT2D eigenvalue weighted by Crippen LogP contribution is 2.15. The molecule has 0 aliphatic carbocycles. The maximum Gasteiger partial charge on any atom is 0.224 e. The Labute approximate surface area is 115 Å². The highest BCUT2D eigenvalue weighted by atomic mass is 16.1. The van der Waals surface area contributed by atoms with E-state index >= 15 is 0 Å². The molecule has 1 aromatic carbocycles. The summed E-state index contributed by atoms with van der Waals surface area (Å²) in [6.45, 7) is 3.74. The van der Waals surface area contributed by atoms with Crippen molar-refractivity contribution in [3.63, 3.8) is 0 Å².